The number of carbonyl (C=O) groups excluding carboxylic acids is 2. The standard InChI is InChI=1S/C22H43NO6Si/c1-20(2,3)28-18(24)15-26-17-12-16(14-27-30(10,11)22(7,8)9)23(13-17)19(25)29-21(4,5)6/h16-17H,12-15H2,1-11H3/t16-,17+/m1/s1. The van der Waals surface area contributed by atoms with Gasteiger partial charge in [0.1, 0.15) is 17.8 Å². The fourth-order valence-electron chi connectivity index (χ4n) is 2.77. The van der Waals surface area contributed by atoms with Crippen LogP contribution in [0.4, 0.5) is 4.79 Å². The van der Waals surface area contributed by atoms with Gasteiger partial charge in [-0.25, -0.2) is 9.59 Å². The van der Waals surface area contributed by atoms with Crippen molar-refractivity contribution in [1.82, 2.24) is 4.90 Å². The number of hydrogen-bond acceptors (Lipinski definition) is 6. The van der Waals surface area contributed by atoms with Crippen molar-refractivity contribution in [2.75, 3.05) is 19.8 Å². The van der Waals surface area contributed by atoms with Gasteiger partial charge >= 0.3 is 12.1 Å². The second-order valence-corrected chi connectivity index (χ2v) is 16.4. The van der Waals surface area contributed by atoms with Gasteiger partial charge in [-0.05, 0) is 66.1 Å². The van der Waals surface area contributed by atoms with E-state index in [2.05, 4.69) is 33.9 Å². The molecule has 1 amide bonds. The van der Waals surface area contributed by atoms with E-state index in [0.29, 0.717) is 19.6 Å². The molecule has 0 saturated carbocycles. The summed E-state index contributed by atoms with van der Waals surface area (Å²) in [6.07, 6.45) is -0.0517. The first kappa shape index (κ1) is 26.9. The molecule has 0 bridgehead atoms. The molecule has 0 aliphatic carbocycles. The third-order valence-corrected chi connectivity index (χ3v) is 9.80. The third-order valence-electron chi connectivity index (χ3n) is 5.30. The lowest BCUT2D eigenvalue weighted by molar-refractivity contribution is -0.162. The molecule has 176 valence electrons. The van der Waals surface area contributed by atoms with Crippen molar-refractivity contribution >= 4 is 20.4 Å². The minimum absolute atomic E-state index is 0.0783. The molecule has 0 aromatic carbocycles. The molecule has 1 aliphatic rings. The highest BCUT2D eigenvalue weighted by Gasteiger charge is 2.42. The molecule has 1 fully saturated rings. The summed E-state index contributed by atoms with van der Waals surface area (Å²) in [4.78, 5) is 26.5. The summed E-state index contributed by atoms with van der Waals surface area (Å²) in [6.45, 7) is 22.6. The maximum absolute atomic E-state index is 12.8. The Morgan fingerprint density at radius 3 is 1.93 bits per heavy atom. The number of rotatable bonds is 6. The predicted octanol–water partition coefficient (Wildman–Crippen LogP) is 4.74. The van der Waals surface area contributed by atoms with Gasteiger partial charge in [0.05, 0.1) is 25.3 Å². The second-order valence-electron chi connectivity index (χ2n) is 11.6. The Bertz CT molecular complexity index is 600. The van der Waals surface area contributed by atoms with E-state index >= 15 is 0 Å². The van der Waals surface area contributed by atoms with Crippen LogP contribution >= 0.6 is 0 Å². The van der Waals surface area contributed by atoms with Crippen LogP contribution in [-0.2, 0) is 23.4 Å². The van der Waals surface area contributed by atoms with Crippen LogP contribution in [0.5, 0.6) is 0 Å². The highest BCUT2D eigenvalue weighted by atomic mass is 28.4. The highest BCUT2D eigenvalue weighted by molar-refractivity contribution is 6.74. The third kappa shape index (κ3) is 8.94. The van der Waals surface area contributed by atoms with Gasteiger partial charge in [0, 0.05) is 0 Å². The molecule has 2 atom stereocenters. The minimum atomic E-state index is -1.96. The highest BCUT2D eigenvalue weighted by Crippen LogP contribution is 2.37. The Hall–Kier alpha value is -1.12. The average molecular weight is 446 g/mol. The molecular weight excluding hydrogens is 402 g/mol. The number of carbonyl (C=O) groups is 2. The van der Waals surface area contributed by atoms with Crippen molar-refractivity contribution in [3.63, 3.8) is 0 Å². The summed E-state index contributed by atoms with van der Waals surface area (Å²) in [5.41, 5.74) is -1.14. The lowest BCUT2D eigenvalue weighted by Crippen LogP contribution is -2.46. The Morgan fingerprint density at radius 2 is 1.47 bits per heavy atom. The van der Waals surface area contributed by atoms with E-state index in [1.807, 2.05) is 41.5 Å². The first-order valence-electron chi connectivity index (χ1n) is 10.8. The SMILES string of the molecule is CC(C)(C)OC(=O)CO[C@H]1C[C@H](CO[Si](C)(C)C(C)(C)C)N(C(=O)OC(C)(C)C)C1. The Labute approximate surface area is 183 Å². The number of amides is 1. The molecular formula is C22H43NO6Si. The number of esters is 1. The number of likely N-dealkylation sites (tertiary alicyclic amines) is 1. The molecule has 30 heavy (non-hydrogen) atoms. The Morgan fingerprint density at radius 1 is 0.933 bits per heavy atom. The molecule has 1 heterocycles. The maximum Gasteiger partial charge on any atom is 0.410 e. The fraction of sp³-hybridized carbons (Fsp3) is 0.909. The average Bonchev–Trinajstić information content (AvgIpc) is 2.90. The summed E-state index contributed by atoms with van der Waals surface area (Å²) in [7, 11) is -1.96. The van der Waals surface area contributed by atoms with Crippen molar-refractivity contribution in [2.24, 2.45) is 0 Å². The lowest BCUT2D eigenvalue weighted by atomic mass is 10.2. The summed E-state index contributed by atoms with van der Waals surface area (Å²) in [5, 5.41) is 0.0783. The summed E-state index contributed by atoms with van der Waals surface area (Å²) < 4.78 is 23.0. The Balaban J connectivity index is 2.81. The summed E-state index contributed by atoms with van der Waals surface area (Å²) in [6, 6.07) is -0.155. The van der Waals surface area contributed by atoms with Gasteiger partial charge in [0.15, 0.2) is 8.32 Å². The molecule has 0 unspecified atom stereocenters. The van der Waals surface area contributed by atoms with E-state index < -0.39 is 25.5 Å². The van der Waals surface area contributed by atoms with Crippen LogP contribution < -0.4 is 0 Å². The molecule has 0 N–H and O–H groups in total. The van der Waals surface area contributed by atoms with Crippen molar-refractivity contribution in [2.45, 2.75) is 110 Å². The molecule has 0 spiro atoms. The molecule has 0 radical (unpaired) electrons. The van der Waals surface area contributed by atoms with Gasteiger partial charge in [-0.2, -0.15) is 0 Å². The zero-order chi connectivity index (χ0) is 23.5. The number of nitrogens with zero attached hydrogens (tertiary/aromatic N) is 1. The minimum Gasteiger partial charge on any atom is -0.458 e. The van der Waals surface area contributed by atoms with Gasteiger partial charge in [0.25, 0.3) is 0 Å². The molecule has 7 nitrogen and oxygen atoms in total. The van der Waals surface area contributed by atoms with Crippen molar-refractivity contribution in [1.29, 1.82) is 0 Å². The van der Waals surface area contributed by atoms with E-state index in [9.17, 15) is 9.59 Å². The van der Waals surface area contributed by atoms with E-state index in [1.165, 1.54) is 0 Å². The largest absolute Gasteiger partial charge is 0.458 e. The summed E-state index contributed by atoms with van der Waals surface area (Å²) >= 11 is 0. The van der Waals surface area contributed by atoms with E-state index in [-0.39, 0.29) is 29.9 Å². The zero-order valence-corrected chi connectivity index (χ0v) is 21.9. The van der Waals surface area contributed by atoms with Crippen LogP contribution in [0.1, 0.15) is 68.7 Å². The molecule has 0 aromatic heterocycles. The van der Waals surface area contributed by atoms with Crippen LogP contribution in [0.25, 0.3) is 0 Å². The van der Waals surface area contributed by atoms with Crippen molar-refractivity contribution in [3.05, 3.63) is 0 Å². The monoisotopic (exact) mass is 445 g/mol. The van der Waals surface area contributed by atoms with Crippen LogP contribution in [0.15, 0.2) is 0 Å². The van der Waals surface area contributed by atoms with Crippen LogP contribution in [0, 0.1) is 0 Å². The van der Waals surface area contributed by atoms with Gasteiger partial charge in [-0.1, -0.05) is 20.8 Å². The number of hydrogen-bond donors (Lipinski definition) is 0. The maximum atomic E-state index is 12.8. The van der Waals surface area contributed by atoms with E-state index in [4.69, 9.17) is 18.6 Å². The van der Waals surface area contributed by atoms with Crippen LogP contribution in [-0.4, -0.2) is 68.4 Å². The molecule has 0 aromatic rings. The smallest absolute Gasteiger partial charge is 0.410 e. The molecule has 8 heteroatoms. The predicted molar refractivity (Wildman–Crippen MR) is 120 cm³/mol. The first-order valence-corrected chi connectivity index (χ1v) is 13.7. The van der Waals surface area contributed by atoms with E-state index in [0.717, 1.165) is 0 Å². The second kappa shape index (κ2) is 9.57. The van der Waals surface area contributed by atoms with Gasteiger partial charge in [0.2, 0.25) is 0 Å². The van der Waals surface area contributed by atoms with Gasteiger partial charge in [-0.3, -0.25) is 0 Å². The molecule has 1 aliphatic heterocycles. The van der Waals surface area contributed by atoms with Gasteiger partial charge in [-0.15, -0.1) is 0 Å². The number of ether oxygens (including phenoxy) is 3. The normalized spacial score (nSPS) is 21.0. The molecule has 1 rings (SSSR count). The first-order chi connectivity index (χ1) is 13.3. The summed E-state index contributed by atoms with van der Waals surface area (Å²) in [5.74, 6) is -0.410. The van der Waals surface area contributed by atoms with Gasteiger partial charge < -0.3 is 23.5 Å². The lowest BCUT2D eigenvalue weighted by Gasteiger charge is -2.38. The molecule has 1 saturated heterocycles. The fourth-order valence-corrected chi connectivity index (χ4v) is 3.82. The quantitative estimate of drug-likeness (QED) is 0.434. The van der Waals surface area contributed by atoms with E-state index in [1.54, 1.807) is 4.90 Å². The van der Waals surface area contributed by atoms with Crippen molar-refractivity contribution in [3.8, 4) is 0 Å². The topological polar surface area (TPSA) is 74.3 Å². The zero-order valence-electron chi connectivity index (χ0n) is 20.9. The van der Waals surface area contributed by atoms with Crippen molar-refractivity contribution < 1.29 is 28.2 Å². The van der Waals surface area contributed by atoms with Crippen LogP contribution in [0.3, 0.4) is 0 Å². The van der Waals surface area contributed by atoms with Crippen LogP contribution in [0.2, 0.25) is 18.1 Å². The Kier molecular flexibility index (Phi) is 8.58.